The number of nitro benzene ring substituents is 1. The quantitative estimate of drug-likeness (QED) is 0.252. The Balaban J connectivity index is 1.83. The monoisotopic (exact) mass is 456 g/mol. The molecule has 0 spiro atoms. The summed E-state index contributed by atoms with van der Waals surface area (Å²) in [6, 6.07) is 6.02. The maximum atomic E-state index is 12.6. The number of thiophene rings is 1. The highest BCUT2D eigenvalue weighted by atomic mass is 32.1. The number of rotatable bonds is 7. The molecule has 1 aliphatic carbocycles. The number of nitrogens with one attached hydrogen (secondary N) is 1. The second-order valence-electron chi connectivity index (χ2n) is 8.66. The van der Waals surface area contributed by atoms with Crippen molar-refractivity contribution in [1.29, 1.82) is 0 Å². The predicted octanol–water partition coefficient (Wildman–Crippen LogP) is 5.64. The van der Waals surface area contributed by atoms with Gasteiger partial charge in [-0.25, -0.2) is 4.79 Å². The highest BCUT2D eigenvalue weighted by Gasteiger charge is 2.35. The van der Waals surface area contributed by atoms with Crippen LogP contribution in [0.3, 0.4) is 0 Å². The van der Waals surface area contributed by atoms with Crippen LogP contribution in [0, 0.1) is 21.4 Å². The first-order valence-electron chi connectivity index (χ1n) is 10.6. The van der Waals surface area contributed by atoms with Crippen LogP contribution in [-0.4, -0.2) is 23.9 Å². The number of fused-ring (bicyclic) bond motifs is 1. The molecule has 0 saturated carbocycles. The molecule has 3 rings (SSSR count). The van der Waals surface area contributed by atoms with Crippen molar-refractivity contribution >= 4 is 40.0 Å². The lowest BCUT2D eigenvalue weighted by Crippen LogP contribution is -2.28. The largest absolute Gasteiger partial charge is 0.465 e. The van der Waals surface area contributed by atoms with Gasteiger partial charge in [0.05, 0.1) is 17.6 Å². The number of nitro groups is 1. The zero-order chi connectivity index (χ0) is 23.5. The van der Waals surface area contributed by atoms with Crippen molar-refractivity contribution < 1.29 is 19.2 Å². The number of amides is 1. The van der Waals surface area contributed by atoms with Crippen LogP contribution in [0.4, 0.5) is 10.7 Å². The van der Waals surface area contributed by atoms with E-state index in [4.69, 9.17) is 4.74 Å². The fourth-order valence-corrected chi connectivity index (χ4v) is 5.33. The third-order valence-corrected chi connectivity index (χ3v) is 7.59. The maximum Gasteiger partial charge on any atom is 0.341 e. The maximum absolute atomic E-state index is 12.6. The van der Waals surface area contributed by atoms with Crippen LogP contribution in [0.1, 0.15) is 60.0 Å². The van der Waals surface area contributed by atoms with E-state index in [9.17, 15) is 19.7 Å². The first kappa shape index (κ1) is 23.7. The molecule has 0 aliphatic heterocycles. The normalized spacial score (nSPS) is 15.9. The lowest BCUT2D eigenvalue weighted by Gasteiger charge is -2.36. The molecule has 1 amide bonds. The predicted molar refractivity (Wildman–Crippen MR) is 126 cm³/mol. The molecule has 0 fully saturated rings. The van der Waals surface area contributed by atoms with Gasteiger partial charge < -0.3 is 10.1 Å². The summed E-state index contributed by atoms with van der Waals surface area (Å²) in [4.78, 5) is 36.7. The number of ether oxygens (including phenoxy) is 1. The number of methoxy groups -OCH3 is 1. The van der Waals surface area contributed by atoms with Crippen molar-refractivity contribution in [2.75, 3.05) is 12.4 Å². The molecule has 1 heterocycles. The number of nitrogens with zero attached hydrogens (tertiary/aromatic N) is 1. The van der Waals surface area contributed by atoms with E-state index in [0.29, 0.717) is 22.0 Å². The Hall–Kier alpha value is -3.00. The molecule has 1 aliphatic rings. The van der Waals surface area contributed by atoms with Gasteiger partial charge in [-0.3, -0.25) is 14.9 Å². The van der Waals surface area contributed by atoms with Crippen LogP contribution in [0.25, 0.3) is 6.08 Å². The molecule has 32 heavy (non-hydrogen) atoms. The minimum absolute atomic E-state index is 0.0453. The molecule has 0 bridgehead atoms. The summed E-state index contributed by atoms with van der Waals surface area (Å²) in [5, 5.41) is 14.2. The number of anilines is 1. The number of hydrogen-bond donors (Lipinski definition) is 1. The van der Waals surface area contributed by atoms with Gasteiger partial charge in [0.2, 0.25) is 5.91 Å². The van der Waals surface area contributed by atoms with Crippen LogP contribution in [-0.2, 0) is 22.4 Å². The minimum atomic E-state index is -0.483. The van der Waals surface area contributed by atoms with E-state index in [1.165, 1.54) is 42.7 Å². The lowest BCUT2D eigenvalue weighted by molar-refractivity contribution is -0.384. The van der Waals surface area contributed by atoms with E-state index in [0.717, 1.165) is 36.1 Å². The molecule has 1 unspecified atom stereocenters. The molecule has 7 nitrogen and oxygen atoms in total. The first-order valence-corrected chi connectivity index (χ1v) is 11.4. The first-order chi connectivity index (χ1) is 15.2. The van der Waals surface area contributed by atoms with Crippen molar-refractivity contribution in [1.82, 2.24) is 0 Å². The van der Waals surface area contributed by atoms with Crippen molar-refractivity contribution in [3.63, 3.8) is 0 Å². The fourth-order valence-electron chi connectivity index (χ4n) is 4.02. The Morgan fingerprint density at radius 3 is 2.78 bits per heavy atom. The topological polar surface area (TPSA) is 98.5 Å². The second kappa shape index (κ2) is 9.65. The Kier molecular flexibility index (Phi) is 7.13. The van der Waals surface area contributed by atoms with Gasteiger partial charge in [-0.15, -0.1) is 11.3 Å². The number of carbonyl (C=O) groups excluding carboxylic acids is 2. The average molecular weight is 457 g/mol. The lowest BCUT2D eigenvalue weighted by atomic mass is 9.69. The molecular weight excluding hydrogens is 428 g/mol. The highest BCUT2D eigenvalue weighted by molar-refractivity contribution is 7.17. The van der Waals surface area contributed by atoms with E-state index in [1.807, 2.05) is 0 Å². The fraction of sp³-hybridized carbons (Fsp3) is 0.417. The standard InChI is InChI=1S/C24H28N2O5S/c1-5-24(2,3)16-10-11-18-19(14-16)32-22(21(18)23(28)31-4)25-20(27)12-9-15-7-6-8-17(13-15)26(29)30/h6-9,12-13,16H,5,10-11,14H2,1-4H3,(H,25,27). The van der Waals surface area contributed by atoms with Crippen molar-refractivity contribution in [3.8, 4) is 0 Å². The third kappa shape index (κ3) is 5.07. The van der Waals surface area contributed by atoms with Gasteiger partial charge >= 0.3 is 5.97 Å². The molecule has 1 aromatic carbocycles. The zero-order valence-corrected chi connectivity index (χ0v) is 19.6. The van der Waals surface area contributed by atoms with Crippen molar-refractivity contribution in [2.24, 2.45) is 11.3 Å². The molecule has 8 heteroatoms. The van der Waals surface area contributed by atoms with Crippen LogP contribution < -0.4 is 5.32 Å². The smallest absolute Gasteiger partial charge is 0.341 e. The zero-order valence-electron chi connectivity index (χ0n) is 18.8. The van der Waals surface area contributed by atoms with Gasteiger partial charge in [-0.05, 0) is 47.8 Å². The summed E-state index contributed by atoms with van der Waals surface area (Å²) < 4.78 is 5.00. The molecular formula is C24H28N2O5S. The van der Waals surface area contributed by atoms with Crippen LogP contribution in [0.5, 0.6) is 0 Å². The molecule has 1 atom stereocenters. The highest BCUT2D eigenvalue weighted by Crippen LogP contribution is 2.45. The Bertz CT molecular complexity index is 1070. The van der Waals surface area contributed by atoms with E-state index in [2.05, 4.69) is 26.1 Å². The van der Waals surface area contributed by atoms with Crippen molar-refractivity contribution in [3.05, 3.63) is 62.0 Å². The Morgan fingerprint density at radius 1 is 1.38 bits per heavy atom. The van der Waals surface area contributed by atoms with Gasteiger partial charge in [0.25, 0.3) is 5.69 Å². The number of non-ortho nitro benzene ring substituents is 1. The molecule has 170 valence electrons. The number of esters is 1. The Morgan fingerprint density at radius 2 is 2.12 bits per heavy atom. The molecule has 2 aromatic rings. The van der Waals surface area contributed by atoms with E-state index in [1.54, 1.807) is 12.1 Å². The Labute approximate surface area is 191 Å². The van der Waals surface area contributed by atoms with Gasteiger partial charge in [-0.1, -0.05) is 39.3 Å². The van der Waals surface area contributed by atoms with Gasteiger partial charge in [0, 0.05) is 23.1 Å². The van der Waals surface area contributed by atoms with E-state index in [-0.39, 0.29) is 11.1 Å². The van der Waals surface area contributed by atoms with Gasteiger partial charge in [0.1, 0.15) is 5.00 Å². The van der Waals surface area contributed by atoms with Crippen LogP contribution in [0.2, 0.25) is 0 Å². The summed E-state index contributed by atoms with van der Waals surface area (Å²) in [6.45, 7) is 6.75. The van der Waals surface area contributed by atoms with Crippen LogP contribution in [0.15, 0.2) is 30.3 Å². The van der Waals surface area contributed by atoms with Gasteiger partial charge in [-0.2, -0.15) is 0 Å². The third-order valence-electron chi connectivity index (χ3n) is 6.42. The summed E-state index contributed by atoms with van der Waals surface area (Å²) in [7, 11) is 1.34. The molecule has 1 N–H and O–H groups in total. The number of benzene rings is 1. The summed E-state index contributed by atoms with van der Waals surface area (Å²) >= 11 is 1.44. The molecule has 0 radical (unpaired) electrons. The summed E-state index contributed by atoms with van der Waals surface area (Å²) in [5.41, 5.74) is 2.12. The van der Waals surface area contributed by atoms with Crippen LogP contribution >= 0.6 is 11.3 Å². The number of carbonyl (C=O) groups is 2. The molecule has 0 saturated heterocycles. The second-order valence-corrected chi connectivity index (χ2v) is 9.76. The SMILES string of the molecule is CCC(C)(C)C1CCc2c(sc(NC(=O)C=Cc3cccc([N+](=O)[O-])c3)c2C(=O)OC)C1. The number of hydrogen-bond acceptors (Lipinski definition) is 6. The van der Waals surface area contributed by atoms with E-state index < -0.39 is 16.8 Å². The van der Waals surface area contributed by atoms with Crippen molar-refractivity contribution in [2.45, 2.75) is 46.5 Å². The summed E-state index contributed by atoms with van der Waals surface area (Å²) in [5.74, 6) is -0.346. The molecule has 1 aromatic heterocycles. The summed E-state index contributed by atoms with van der Waals surface area (Å²) in [6.07, 6.45) is 6.55. The van der Waals surface area contributed by atoms with Gasteiger partial charge in [0.15, 0.2) is 0 Å². The van der Waals surface area contributed by atoms with E-state index >= 15 is 0 Å². The minimum Gasteiger partial charge on any atom is -0.465 e. The average Bonchev–Trinajstić information content (AvgIpc) is 3.14.